The van der Waals surface area contributed by atoms with Gasteiger partial charge in [-0.3, -0.25) is 0 Å². The van der Waals surface area contributed by atoms with Crippen LogP contribution >= 0.6 is 12.6 Å². The molecule has 0 aliphatic heterocycles. The standard InChI is InChI=1S/C15H32O7S/c1-3-12(7-16)6-13(8-17)21-11(2)14(9-18)22-15(10-19)20-4-5-23/h11-19,23H,3-10H2,1-2H3. The maximum absolute atomic E-state index is 9.47. The first-order valence-electron chi connectivity index (χ1n) is 8.02. The van der Waals surface area contributed by atoms with Gasteiger partial charge in [0.15, 0.2) is 6.29 Å². The summed E-state index contributed by atoms with van der Waals surface area (Å²) in [5.74, 6) is 0.541. The molecule has 4 N–H and O–H groups in total. The normalized spacial score (nSPS) is 18.4. The van der Waals surface area contributed by atoms with Crippen LogP contribution in [0.4, 0.5) is 0 Å². The molecule has 0 aromatic carbocycles. The molecule has 140 valence electrons. The van der Waals surface area contributed by atoms with E-state index in [-0.39, 0.29) is 32.3 Å². The molecule has 0 aliphatic rings. The first-order valence-corrected chi connectivity index (χ1v) is 8.66. The van der Waals surface area contributed by atoms with Crippen LogP contribution in [0.2, 0.25) is 0 Å². The van der Waals surface area contributed by atoms with E-state index in [9.17, 15) is 20.4 Å². The largest absolute Gasteiger partial charge is 0.396 e. The van der Waals surface area contributed by atoms with Crippen molar-refractivity contribution in [1.82, 2.24) is 0 Å². The van der Waals surface area contributed by atoms with Crippen molar-refractivity contribution in [3.63, 3.8) is 0 Å². The van der Waals surface area contributed by atoms with Crippen molar-refractivity contribution in [2.45, 2.75) is 51.3 Å². The zero-order chi connectivity index (χ0) is 17.7. The maximum Gasteiger partial charge on any atom is 0.181 e. The number of aliphatic hydroxyl groups is 4. The fraction of sp³-hybridized carbons (Fsp3) is 1.00. The van der Waals surface area contributed by atoms with Gasteiger partial charge < -0.3 is 34.6 Å². The quantitative estimate of drug-likeness (QED) is 0.204. The third-order valence-corrected chi connectivity index (χ3v) is 3.80. The van der Waals surface area contributed by atoms with Gasteiger partial charge in [-0.1, -0.05) is 13.3 Å². The summed E-state index contributed by atoms with van der Waals surface area (Å²) in [6, 6.07) is 0. The number of hydrogen-bond acceptors (Lipinski definition) is 8. The third-order valence-electron chi connectivity index (χ3n) is 3.62. The summed E-state index contributed by atoms with van der Waals surface area (Å²) in [6.45, 7) is 3.20. The molecule has 7 nitrogen and oxygen atoms in total. The van der Waals surface area contributed by atoms with E-state index < -0.39 is 24.6 Å². The minimum absolute atomic E-state index is 0.0365. The van der Waals surface area contributed by atoms with Gasteiger partial charge in [-0.25, -0.2) is 0 Å². The predicted molar refractivity (Wildman–Crippen MR) is 89.5 cm³/mol. The van der Waals surface area contributed by atoms with Crippen LogP contribution in [0.25, 0.3) is 0 Å². The average Bonchev–Trinajstić information content (AvgIpc) is 2.58. The van der Waals surface area contributed by atoms with Gasteiger partial charge in [-0.15, -0.1) is 0 Å². The van der Waals surface area contributed by atoms with Gasteiger partial charge in [0.2, 0.25) is 0 Å². The lowest BCUT2D eigenvalue weighted by molar-refractivity contribution is -0.222. The van der Waals surface area contributed by atoms with Crippen molar-refractivity contribution < 1.29 is 34.6 Å². The molecular weight excluding hydrogens is 324 g/mol. The molecule has 0 rings (SSSR count). The summed E-state index contributed by atoms with van der Waals surface area (Å²) in [7, 11) is 0. The second-order valence-electron chi connectivity index (χ2n) is 5.40. The monoisotopic (exact) mass is 356 g/mol. The Balaban J connectivity index is 4.51. The van der Waals surface area contributed by atoms with Crippen LogP contribution in [-0.2, 0) is 14.2 Å². The minimum Gasteiger partial charge on any atom is -0.396 e. The van der Waals surface area contributed by atoms with Gasteiger partial charge in [0.1, 0.15) is 6.10 Å². The molecule has 0 aromatic heterocycles. The van der Waals surface area contributed by atoms with Crippen molar-refractivity contribution >= 4 is 12.6 Å². The number of hydrogen-bond donors (Lipinski definition) is 5. The lowest BCUT2D eigenvalue weighted by Crippen LogP contribution is -2.41. The van der Waals surface area contributed by atoms with E-state index in [1.54, 1.807) is 6.92 Å². The van der Waals surface area contributed by atoms with Gasteiger partial charge in [-0.05, 0) is 19.3 Å². The van der Waals surface area contributed by atoms with Gasteiger partial charge in [-0.2, -0.15) is 12.6 Å². The van der Waals surface area contributed by atoms with Crippen LogP contribution < -0.4 is 0 Å². The number of ether oxygens (including phenoxy) is 3. The third kappa shape index (κ3) is 9.83. The van der Waals surface area contributed by atoms with Crippen molar-refractivity contribution in [2.75, 3.05) is 38.8 Å². The van der Waals surface area contributed by atoms with E-state index in [1.807, 2.05) is 6.92 Å². The summed E-state index contributed by atoms with van der Waals surface area (Å²) in [6.07, 6.45) is -1.22. The fourth-order valence-corrected chi connectivity index (χ4v) is 2.23. The Kier molecular flexibility index (Phi) is 14.5. The Hall–Kier alpha value is 0.0700. The topological polar surface area (TPSA) is 109 Å². The molecule has 0 spiro atoms. The molecule has 0 aliphatic carbocycles. The average molecular weight is 356 g/mol. The van der Waals surface area contributed by atoms with E-state index >= 15 is 0 Å². The van der Waals surface area contributed by atoms with Gasteiger partial charge in [0, 0.05) is 12.4 Å². The summed E-state index contributed by atoms with van der Waals surface area (Å²) < 4.78 is 16.5. The molecule has 23 heavy (non-hydrogen) atoms. The molecule has 0 aromatic rings. The zero-order valence-electron chi connectivity index (χ0n) is 14.0. The molecule has 0 saturated heterocycles. The molecule has 0 saturated carbocycles. The molecule has 0 bridgehead atoms. The SMILES string of the molecule is CCC(CO)CC(CO)OC(C)C(CO)OC(CO)OCCS. The molecule has 5 unspecified atom stereocenters. The first kappa shape index (κ1) is 23.1. The highest BCUT2D eigenvalue weighted by molar-refractivity contribution is 7.80. The van der Waals surface area contributed by atoms with Crippen LogP contribution in [0.15, 0.2) is 0 Å². The van der Waals surface area contributed by atoms with Crippen LogP contribution in [-0.4, -0.2) is 83.8 Å². The van der Waals surface area contributed by atoms with Gasteiger partial charge >= 0.3 is 0 Å². The van der Waals surface area contributed by atoms with E-state index in [2.05, 4.69) is 12.6 Å². The summed E-state index contributed by atoms with van der Waals surface area (Å²) in [5.41, 5.74) is 0. The first-order chi connectivity index (χ1) is 11.1. The molecule has 0 heterocycles. The highest BCUT2D eigenvalue weighted by Gasteiger charge is 2.26. The molecule has 0 amide bonds. The van der Waals surface area contributed by atoms with Crippen molar-refractivity contribution in [3.8, 4) is 0 Å². The Morgan fingerprint density at radius 2 is 1.65 bits per heavy atom. The van der Waals surface area contributed by atoms with Crippen LogP contribution in [0, 0.1) is 5.92 Å². The molecule has 5 atom stereocenters. The number of aliphatic hydroxyl groups excluding tert-OH is 4. The molecule has 0 radical (unpaired) electrons. The molecule has 8 heteroatoms. The summed E-state index contributed by atoms with van der Waals surface area (Å²) >= 11 is 4.01. The lowest BCUT2D eigenvalue weighted by Gasteiger charge is -2.30. The van der Waals surface area contributed by atoms with Crippen molar-refractivity contribution in [1.29, 1.82) is 0 Å². The van der Waals surface area contributed by atoms with Gasteiger partial charge in [0.05, 0.1) is 38.6 Å². The van der Waals surface area contributed by atoms with Gasteiger partial charge in [0.25, 0.3) is 0 Å². The van der Waals surface area contributed by atoms with Crippen molar-refractivity contribution in [3.05, 3.63) is 0 Å². The fourth-order valence-electron chi connectivity index (χ4n) is 2.12. The highest BCUT2D eigenvalue weighted by Crippen LogP contribution is 2.17. The molecule has 0 fully saturated rings. The van der Waals surface area contributed by atoms with Crippen LogP contribution in [0.5, 0.6) is 0 Å². The van der Waals surface area contributed by atoms with E-state index in [1.165, 1.54) is 0 Å². The van der Waals surface area contributed by atoms with Crippen LogP contribution in [0.3, 0.4) is 0 Å². The Labute approximate surface area is 144 Å². The summed E-state index contributed by atoms with van der Waals surface area (Å²) in [4.78, 5) is 0. The number of rotatable bonds is 15. The smallest absolute Gasteiger partial charge is 0.181 e. The van der Waals surface area contributed by atoms with E-state index in [0.717, 1.165) is 6.42 Å². The van der Waals surface area contributed by atoms with E-state index in [4.69, 9.17) is 14.2 Å². The highest BCUT2D eigenvalue weighted by atomic mass is 32.1. The lowest BCUT2D eigenvalue weighted by atomic mass is 10.00. The Morgan fingerprint density at radius 3 is 2.09 bits per heavy atom. The van der Waals surface area contributed by atoms with E-state index in [0.29, 0.717) is 18.8 Å². The Morgan fingerprint density at radius 1 is 0.957 bits per heavy atom. The number of thiol groups is 1. The second kappa shape index (κ2) is 14.4. The second-order valence-corrected chi connectivity index (χ2v) is 5.85. The minimum atomic E-state index is -0.862. The Bertz CT molecular complexity index is 266. The van der Waals surface area contributed by atoms with Crippen molar-refractivity contribution in [2.24, 2.45) is 5.92 Å². The maximum atomic E-state index is 9.47. The zero-order valence-corrected chi connectivity index (χ0v) is 14.9. The summed E-state index contributed by atoms with van der Waals surface area (Å²) in [5, 5.41) is 37.4. The molecular formula is C15H32O7S. The van der Waals surface area contributed by atoms with Crippen LogP contribution in [0.1, 0.15) is 26.7 Å². The predicted octanol–water partition coefficient (Wildman–Crippen LogP) is -0.197.